The Labute approximate surface area is 192 Å². The van der Waals surface area contributed by atoms with Crippen LogP contribution in [0.15, 0.2) is 23.3 Å². The lowest BCUT2D eigenvalue weighted by atomic mass is 9.45. The summed E-state index contributed by atoms with van der Waals surface area (Å²) in [6.07, 6.45) is 18.3. The maximum Gasteiger partial charge on any atom is 0.0594 e. The van der Waals surface area contributed by atoms with Gasteiger partial charge in [-0.15, -0.1) is 0 Å². The molecule has 1 nitrogen and oxygen atoms in total. The van der Waals surface area contributed by atoms with E-state index in [2.05, 4.69) is 60.6 Å². The van der Waals surface area contributed by atoms with Gasteiger partial charge in [0.1, 0.15) is 0 Å². The zero-order valence-corrected chi connectivity index (χ0v) is 21.5. The molecule has 0 bridgehead atoms. The van der Waals surface area contributed by atoms with Crippen molar-refractivity contribution in [2.24, 2.45) is 44.8 Å². The number of aliphatic hydroxyl groups is 1. The molecule has 5 rings (SSSR count). The predicted molar refractivity (Wildman–Crippen MR) is 131 cm³/mol. The highest BCUT2D eigenvalue weighted by molar-refractivity contribution is 5.45. The molecule has 31 heavy (non-hydrogen) atoms. The Balaban J connectivity index is 1.45. The molecule has 0 amide bonds. The third-order valence-corrected chi connectivity index (χ3v) is 12.4. The Morgan fingerprint density at radius 3 is 2.55 bits per heavy atom. The van der Waals surface area contributed by atoms with E-state index in [0.29, 0.717) is 27.6 Å². The summed E-state index contributed by atoms with van der Waals surface area (Å²) in [6, 6.07) is 0. The van der Waals surface area contributed by atoms with E-state index in [0.717, 1.165) is 18.3 Å². The summed E-state index contributed by atoms with van der Waals surface area (Å²) in [7, 11) is 0. The lowest BCUT2D eigenvalue weighted by molar-refractivity contribution is -0.0905. The molecule has 1 heteroatoms. The van der Waals surface area contributed by atoms with Gasteiger partial charge < -0.3 is 5.11 Å². The highest BCUT2D eigenvalue weighted by Crippen LogP contribution is 2.87. The minimum Gasteiger partial charge on any atom is -0.393 e. The minimum atomic E-state index is -0.113. The third-order valence-electron chi connectivity index (χ3n) is 12.4. The van der Waals surface area contributed by atoms with Gasteiger partial charge in [0.25, 0.3) is 0 Å². The van der Waals surface area contributed by atoms with Crippen LogP contribution in [-0.2, 0) is 0 Å². The molecule has 174 valence electrons. The first kappa shape index (κ1) is 22.2. The highest BCUT2D eigenvalue weighted by Gasteiger charge is 2.80. The normalized spacial score (nSPS) is 50.3. The van der Waals surface area contributed by atoms with Gasteiger partial charge in [-0.25, -0.2) is 0 Å². The molecule has 8 atom stereocenters. The monoisotopic (exact) mass is 424 g/mol. The van der Waals surface area contributed by atoms with Crippen molar-refractivity contribution in [1.82, 2.24) is 0 Å². The summed E-state index contributed by atoms with van der Waals surface area (Å²) in [4.78, 5) is 0. The molecule has 0 aromatic heterocycles. The van der Waals surface area contributed by atoms with Crippen LogP contribution < -0.4 is 0 Å². The van der Waals surface area contributed by atoms with E-state index < -0.39 is 0 Å². The first-order valence-corrected chi connectivity index (χ1v) is 13.5. The van der Waals surface area contributed by atoms with Crippen LogP contribution in [0, 0.1) is 44.8 Å². The molecule has 0 radical (unpaired) electrons. The number of aliphatic hydroxyl groups excluding tert-OH is 1. The van der Waals surface area contributed by atoms with E-state index in [9.17, 15) is 5.11 Å². The van der Waals surface area contributed by atoms with Crippen LogP contribution in [0.2, 0.25) is 0 Å². The van der Waals surface area contributed by atoms with E-state index in [-0.39, 0.29) is 11.5 Å². The molecule has 5 aliphatic rings. The fraction of sp³-hybridized carbons (Fsp3) is 0.867. The van der Waals surface area contributed by atoms with Crippen molar-refractivity contribution < 1.29 is 5.11 Å². The smallest absolute Gasteiger partial charge is 0.0594 e. The first-order valence-electron chi connectivity index (χ1n) is 13.5. The molecule has 0 aliphatic heterocycles. The molecule has 4 saturated carbocycles. The van der Waals surface area contributed by atoms with Crippen LogP contribution in [0.25, 0.3) is 0 Å². The largest absolute Gasteiger partial charge is 0.393 e. The van der Waals surface area contributed by atoms with Gasteiger partial charge in [0.2, 0.25) is 0 Å². The highest BCUT2D eigenvalue weighted by atomic mass is 16.3. The van der Waals surface area contributed by atoms with E-state index in [1.54, 1.807) is 0 Å². The van der Waals surface area contributed by atoms with Crippen molar-refractivity contribution in [2.75, 3.05) is 0 Å². The number of allylic oxidation sites excluding steroid dienone is 4. The van der Waals surface area contributed by atoms with Crippen LogP contribution in [0.5, 0.6) is 0 Å². The van der Waals surface area contributed by atoms with E-state index in [1.807, 2.05) is 5.57 Å². The van der Waals surface area contributed by atoms with Gasteiger partial charge in [0, 0.05) is 0 Å². The fourth-order valence-corrected chi connectivity index (χ4v) is 10.3. The molecule has 4 fully saturated rings. The minimum absolute atomic E-state index is 0.0725. The summed E-state index contributed by atoms with van der Waals surface area (Å²) in [6.45, 7) is 17.1. The van der Waals surface area contributed by atoms with Crippen molar-refractivity contribution in [3.63, 3.8) is 0 Å². The Morgan fingerprint density at radius 2 is 1.84 bits per heavy atom. The molecule has 0 heterocycles. The van der Waals surface area contributed by atoms with Crippen molar-refractivity contribution in [1.29, 1.82) is 0 Å². The predicted octanol–water partition coefficient (Wildman–Crippen LogP) is 8.09. The van der Waals surface area contributed by atoms with Crippen LogP contribution in [0.4, 0.5) is 0 Å². The summed E-state index contributed by atoms with van der Waals surface area (Å²) < 4.78 is 0. The number of fused-ring (bicyclic) bond motifs is 2. The van der Waals surface area contributed by atoms with Crippen molar-refractivity contribution >= 4 is 0 Å². The molecular formula is C30H48O. The third kappa shape index (κ3) is 2.65. The molecule has 1 N–H and O–H groups in total. The van der Waals surface area contributed by atoms with Crippen LogP contribution in [0.1, 0.15) is 113 Å². The summed E-state index contributed by atoms with van der Waals surface area (Å²) >= 11 is 0. The second kappa shape index (κ2) is 6.74. The van der Waals surface area contributed by atoms with E-state index in [4.69, 9.17) is 0 Å². The summed E-state index contributed by atoms with van der Waals surface area (Å²) in [5.74, 6) is 2.38. The average Bonchev–Trinajstić information content (AvgIpc) is 3.27. The van der Waals surface area contributed by atoms with Crippen LogP contribution >= 0.6 is 0 Å². The molecular weight excluding hydrogens is 376 g/mol. The zero-order chi connectivity index (χ0) is 22.4. The molecule has 0 saturated heterocycles. The molecule has 0 aromatic rings. The summed E-state index contributed by atoms with van der Waals surface area (Å²) in [5.41, 5.74) is 5.30. The molecule has 0 aromatic carbocycles. The topological polar surface area (TPSA) is 20.2 Å². The van der Waals surface area contributed by atoms with Crippen LogP contribution in [0.3, 0.4) is 0 Å². The number of hydrogen-bond donors (Lipinski definition) is 1. The maximum atomic E-state index is 10.8. The Hall–Kier alpha value is -0.560. The first-order chi connectivity index (χ1) is 14.4. The van der Waals surface area contributed by atoms with Gasteiger partial charge in [0.05, 0.1) is 6.10 Å². The Morgan fingerprint density at radius 1 is 1.10 bits per heavy atom. The summed E-state index contributed by atoms with van der Waals surface area (Å²) in [5, 5.41) is 10.8. The van der Waals surface area contributed by atoms with Crippen molar-refractivity contribution in [2.45, 2.75) is 119 Å². The maximum absolute atomic E-state index is 10.8. The second-order valence-electron chi connectivity index (χ2n) is 13.9. The Bertz CT molecular complexity index is 814. The van der Waals surface area contributed by atoms with Gasteiger partial charge in [-0.2, -0.15) is 0 Å². The molecule has 5 aliphatic carbocycles. The second-order valence-corrected chi connectivity index (χ2v) is 13.9. The van der Waals surface area contributed by atoms with Crippen LogP contribution in [-0.4, -0.2) is 11.2 Å². The standard InChI is InChI=1S/C30H48O/c1-20(2)9-8-10-21(3)22-13-15-28(7)24-12-11-23-26(4,5)25(31)14-16-29(23)19-30(24,29)18-17-27(22,28)6/h9,12,21-23,25,31H,8,10-11,13-19H2,1-7H3/t21-,22+,23-,25-,27+,28+,29+,30-/m0/s1. The van der Waals surface area contributed by atoms with E-state index in [1.165, 1.54) is 63.4 Å². The lowest BCUT2D eigenvalue weighted by Gasteiger charge is -2.60. The average molecular weight is 425 g/mol. The molecule has 2 spiro atoms. The van der Waals surface area contributed by atoms with Gasteiger partial charge in [0.15, 0.2) is 0 Å². The zero-order valence-electron chi connectivity index (χ0n) is 21.5. The van der Waals surface area contributed by atoms with Crippen molar-refractivity contribution in [3.8, 4) is 0 Å². The van der Waals surface area contributed by atoms with Gasteiger partial charge in [-0.1, -0.05) is 57.9 Å². The fourth-order valence-electron chi connectivity index (χ4n) is 10.3. The van der Waals surface area contributed by atoms with Gasteiger partial charge in [-0.3, -0.25) is 0 Å². The molecule has 0 unspecified atom stereocenters. The SMILES string of the molecule is CC(C)=CCC[C@H](C)[C@H]1CC[C@]2(C)C3=CC[C@H]4C(C)(C)[C@@H](O)CC[C@@]45C[C@@]35CC[C@]12C. The van der Waals surface area contributed by atoms with E-state index >= 15 is 0 Å². The Kier molecular flexibility index (Phi) is 4.84. The lowest BCUT2D eigenvalue weighted by Crippen LogP contribution is -2.53. The number of rotatable bonds is 4. The van der Waals surface area contributed by atoms with Gasteiger partial charge in [-0.05, 0) is 123 Å². The quantitative estimate of drug-likeness (QED) is 0.452. The van der Waals surface area contributed by atoms with Crippen molar-refractivity contribution in [3.05, 3.63) is 23.3 Å². The van der Waals surface area contributed by atoms with Gasteiger partial charge >= 0.3 is 0 Å². The number of hydrogen-bond acceptors (Lipinski definition) is 1.